The van der Waals surface area contributed by atoms with Crippen LogP contribution in [0.5, 0.6) is 0 Å². The second kappa shape index (κ2) is 5.02. The van der Waals surface area contributed by atoms with Crippen LogP contribution in [-0.2, 0) is 10.0 Å². The van der Waals surface area contributed by atoms with Crippen LogP contribution in [0.1, 0.15) is 39.0 Å². The average molecular weight is 283 g/mol. The molecule has 5 nitrogen and oxygen atoms in total. The molecule has 0 heterocycles. The molecular weight excluding hydrogens is 262 g/mol. The molecule has 19 heavy (non-hydrogen) atoms. The summed E-state index contributed by atoms with van der Waals surface area (Å²) in [5.41, 5.74) is 6.86. The van der Waals surface area contributed by atoms with Gasteiger partial charge in [0.2, 0.25) is 10.0 Å². The predicted molar refractivity (Wildman–Crippen MR) is 77.3 cm³/mol. The largest absolute Gasteiger partial charge is 0.399 e. The minimum Gasteiger partial charge on any atom is -0.399 e. The summed E-state index contributed by atoms with van der Waals surface area (Å²) >= 11 is 0. The Kier molecular flexibility index (Phi) is 3.73. The molecule has 0 radical (unpaired) electrons. The minimum atomic E-state index is -3.73. The molecule has 1 fully saturated rings. The summed E-state index contributed by atoms with van der Waals surface area (Å²) in [4.78, 5) is 0.0504. The van der Waals surface area contributed by atoms with Gasteiger partial charge in [0.15, 0.2) is 0 Å². The molecule has 1 aliphatic rings. The van der Waals surface area contributed by atoms with E-state index in [1.165, 1.54) is 25.3 Å². The molecule has 2 rings (SSSR count). The van der Waals surface area contributed by atoms with Crippen molar-refractivity contribution in [3.05, 3.63) is 18.2 Å². The monoisotopic (exact) mass is 283 g/mol. The second-order valence-corrected chi connectivity index (χ2v) is 7.14. The van der Waals surface area contributed by atoms with Crippen molar-refractivity contribution in [3.8, 4) is 0 Å². The summed E-state index contributed by atoms with van der Waals surface area (Å²) in [6.07, 6.45) is 5.79. The molecule has 0 unspecified atom stereocenters. The fourth-order valence-corrected chi connectivity index (χ4v) is 3.26. The van der Waals surface area contributed by atoms with Crippen molar-refractivity contribution in [2.75, 3.05) is 11.1 Å². The van der Waals surface area contributed by atoms with Gasteiger partial charge in [-0.3, -0.25) is 0 Å². The van der Waals surface area contributed by atoms with E-state index in [0.717, 1.165) is 12.8 Å². The Morgan fingerprint density at radius 1 is 1.16 bits per heavy atom. The number of primary sulfonamides is 1. The summed E-state index contributed by atoms with van der Waals surface area (Å²) in [6, 6.07) is 4.67. The first-order valence-electron chi connectivity index (χ1n) is 6.50. The number of benzene rings is 1. The van der Waals surface area contributed by atoms with E-state index in [9.17, 15) is 8.42 Å². The quantitative estimate of drug-likeness (QED) is 0.739. The Hall–Kier alpha value is -1.27. The minimum absolute atomic E-state index is 0.00166. The lowest BCUT2D eigenvalue weighted by Crippen LogP contribution is -2.36. The highest BCUT2D eigenvalue weighted by atomic mass is 32.2. The van der Waals surface area contributed by atoms with Crippen LogP contribution in [0, 0.1) is 0 Å². The lowest BCUT2D eigenvalue weighted by atomic mass is 9.83. The first-order valence-corrected chi connectivity index (χ1v) is 8.05. The smallest absolute Gasteiger partial charge is 0.238 e. The van der Waals surface area contributed by atoms with Crippen LogP contribution in [0.2, 0.25) is 0 Å². The van der Waals surface area contributed by atoms with E-state index in [2.05, 4.69) is 12.2 Å². The lowest BCUT2D eigenvalue weighted by Gasteiger charge is -2.35. The normalized spacial score (nSPS) is 19.1. The molecule has 1 aliphatic carbocycles. The van der Waals surface area contributed by atoms with E-state index in [1.54, 1.807) is 12.1 Å². The first kappa shape index (κ1) is 14.1. The van der Waals surface area contributed by atoms with Gasteiger partial charge in [0.05, 0.1) is 4.90 Å². The number of sulfonamides is 1. The van der Waals surface area contributed by atoms with Crippen LogP contribution >= 0.6 is 0 Å². The predicted octanol–water partition coefficient (Wildman–Crippen LogP) is 2.05. The molecule has 0 amide bonds. The SMILES string of the molecule is CC1(Nc2cc(N)cc(S(N)(=O)=O)c2)CCCCC1. The molecule has 0 aliphatic heterocycles. The number of nitrogens with one attached hydrogen (secondary N) is 1. The van der Waals surface area contributed by atoms with E-state index >= 15 is 0 Å². The second-order valence-electron chi connectivity index (χ2n) is 5.58. The fraction of sp³-hybridized carbons (Fsp3) is 0.538. The molecule has 1 aromatic carbocycles. The molecule has 1 aromatic rings. The van der Waals surface area contributed by atoms with Crippen LogP contribution < -0.4 is 16.2 Å². The summed E-state index contributed by atoms with van der Waals surface area (Å²) in [5.74, 6) is 0. The number of hydrogen-bond donors (Lipinski definition) is 3. The van der Waals surface area contributed by atoms with Crippen LogP contribution in [0.3, 0.4) is 0 Å². The Morgan fingerprint density at radius 3 is 2.37 bits per heavy atom. The number of nitrogens with two attached hydrogens (primary N) is 2. The Labute approximate surface area is 114 Å². The molecular formula is C13H21N3O2S. The van der Waals surface area contributed by atoms with Gasteiger partial charge in [-0.15, -0.1) is 0 Å². The standard InChI is InChI=1S/C13H21N3O2S/c1-13(5-3-2-4-6-13)16-11-7-10(14)8-12(9-11)19(15,17)18/h7-9,16H,2-6,14H2,1H3,(H2,15,17,18). The van der Waals surface area contributed by atoms with Crippen LogP contribution in [0.4, 0.5) is 11.4 Å². The molecule has 0 saturated heterocycles. The zero-order valence-corrected chi connectivity index (χ0v) is 12.0. The third-order valence-corrected chi connectivity index (χ3v) is 4.55. The zero-order valence-electron chi connectivity index (χ0n) is 11.1. The molecule has 0 atom stereocenters. The van der Waals surface area contributed by atoms with Crippen molar-refractivity contribution < 1.29 is 8.42 Å². The van der Waals surface area contributed by atoms with Gasteiger partial charge in [-0.05, 0) is 38.0 Å². The molecule has 0 aromatic heterocycles. The molecule has 5 N–H and O–H groups in total. The van der Waals surface area contributed by atoms with Gasteiger partial charge in [0.25, 0.3) is 0 Å². The van der Waals surface area contributed by atoms with Crippen molar-refractivity contribution in [2.45, 2.75) is 49.5 Å². The topological polar surface area (TPSA) is 98.2 Å². The van der Waals surface area contributed by atoms with Gasteiger partial charge in [-0.2, -0.15) is 0 Å². The number of hydrogen-bond acceptors (Lipinski definition) is 4. The van der Waals surface area contributed by atoms with Crippen LogP contribution in [0.15, 0.2) is 23.1 Å². The summed E-state index contributed by atoms with van der Waals surface area (Å²) < 4.78 is 22.8. The third-order valence-electron chi connectivity index (χ3n) is 3.66. The van der Waals surface area contributed by atoms with Crippen molar-refractivity contribution in [2.24, 2.45) is 5.14 Å². The van der Waals surface area contributed by atoms with Gasteiger partial charge < -0.3 is 11.1 Å². The Bertz CT molecular complexity index is 563. The molecule has 6 heteroatoms. The van der Waals surface area contributed by atoms with Gasteiger partial charge >= 0.3 is 0 Å². The van der Waals surface area contributed by atoms with Gasteiger partial charge in [-0.1, -0.05) is 19.3 Å². The number of anilines is 2. The van der Waals surface area contributed by atoms with E-state index in [4.69, 9.17) is 10.9 Å². The van der Waals surface area contributed by atoms with Crippen LogP contribution in [-0.4, -0.2) is 14.0 Å². The van der Waals surface area contributed by atoms with E-state index in [-0.39, 0.29) is 10.4 Å². The number of rotatable bonds is 3. The van der Waals surface area contributed by atoms with Crippen molar-refractivity contribution in [1.29, 1.82) is 0 Å². The molecule has 0 spiro atoms. The highest BCUT2D eigenvalue weighted by molar-refractivity contribution is 7.89. The highest BCUT2D eigenvalue weighted by Crippen LogP contribution is 2.32. The average Bonchev–Trinajstić information content (AvgIpc) is 2.27. The van der Waals surface area contributed by atoms with Crippen LogP contribution in [0.25, 0.3) is 0 Å². The molecule has 106 valence electrons. The maximum Gasteiger partial charge on any atom is 0.238 e. The van der Waals surface area contributed by atoms with Gasteiger partial charge in [0, 0.05) is 16.9 Å². The lowest BCUT2D eigenvalue weighted by molar-refractivity contribution is 0.349. The van der Waals surface area contributed by atoms with Crippen molar-refractivity contribution in [3.63, 3.8) is 0 Å². The third kappa shape index (κ3) is 3.61. The van der Waals surface area contributed by atoms with Crippen molar-refractivity contribution >= 4 is 21.4 Å². The molecule has 1 saturated carbocycles. The van der Waals surface area contributed by atoms with Gasteiger partial charge in [0.1, 0.15) is 0 Å². The summed E-state index contributed by atoms with van der Waals surface area (Å²) in [7, 11) is -3.73. The van der Waals surface area contributed by atoms with Crippen molar-refractivity contribution in [1.82, 2.24) is 0 Å². The maximum absolute atomic E-state index is 11.4. The Balaban J connectivity index is 2.28. The van der Waals surface area contributed by atoms with E-state index in [1.807, 2.05) is 0 Å². The maximum atomic E-state index is 11.4. The van der Waals surface area contributed by atoms with E-state index in [0.29, 0.717) is 11.4 Å². The summed E-state index contributed by atoms with van der Waals surface area (Å²) in [5, 5.41) is 8.56. The Morgan fingerprint density at radius 2 is 1.79 bits per heavy atom. The number of nitrogen functional groups attached to an aromatic ring is 1. The fourth-order valence-electron chi connectivity index (χ4n) is 2.66. The summed E-state index contributed by atoms with van der Waals surface area (Å²) in [6.45, 7) is 2.16. The van der Waals surface area contributed by atoms with E-state index < -0.39 is 10.0 Å². The highest BCUT2D eigenvalue weighted by Gasteiger charge is 2.26. The zero-order chi connectivity index (χ0) is 14.1. The first-order chi connectivity index (χ1) is 8.78. The molecule has 0 bridgehead atoms. The van der Waals surface area contributed by atoms with Gasteiger partial charge in [-0.25, -0.2) is 13.6 Å².